The van der Waals surface area contributed by atoms with Gasteiger partial charge in [-0.2, -0.15) is 0 Å². The van der Waals surface area contributed by atoms with Gasteiger partial charge < -0.3 is 0 Å². The maximum absolute atomic E-state index is 12.6. The van der Waals surface area contributed by atoms with Crippen LogP contribution in [0.15, 0.2) is 0 Å². The van der Waals surface area contributed by atoms with Crippen LogP contribution in [0.5, 0.6) is 0 Å². The van der Waals surface area contributed by atoms with Crippen LogP contribution in [0.25, 0.3) is 0 Å². The summed E-state index contributed by atoms with van der Waals surface area (Å²) in [6, 6.07) is 0. The van der Waals surface area contributed by atoms with Gasteiger partial charge in [0.05, 0.1) is 0 Å². The van der Waals surface area contributed by atoms with E-state index in [0.29, 0.717) is 17.8 Å². The van der Waals surface area contributed by atoms with Crippen LogP contribution in [0.2, 0.25) is 0 Å². The predicted octanol–water partition coefficient (Wildman–Crippen LogP) is 4.59. The molecule has 2 amide bonds. The van der Waals surface area contributed by atoms with E-state index in [1.807, 2.05) is 0 Å². The molecule has 0 aromatic carbocycles. The van der Waals surface area contributed by atoms with E-state index in [1.165, 1.54) is 38.5 Å². The molecule has 4 heteroatoms. The number of carbonyl (C=O) groups is 2. The third-order valence-corrected chi connectivity index (χ3v) is 8.35. The second kappa shape index (κ2) is 7.08. The molecule has 0 unspecified atom stereocenters. The molecule has 5 aliphatic carbocycles. The van der Waals surface area contributed by atoms with Crippen LogP contribution in [0, 0.1) is 40.4 Å². The number of rotatable bonds is 3. The molecule has 0 aromatic rings. The molecule has 0 spiro atoms. The molecule has 5 fully saturated rings. The first-order valence-electron chi connectivity index (χ1n) is 11.3. The van der Waals surface area contributed by atoms with Crippen molar-refractivity contribution >= 4 is 11.8 Å². The number of nitrogens with one attached hydrogen (secondary N) is 2. The van der Waals surface area contributed by atoms with Gasteiger partial charge in [0.1, 0.15) is 0 Å². The second-order valence-corrected chi connectivity index (χ2v) is 11.5. The molecule has 27 heavy (non-hydrogen) atoms. The lowest BCUT2D eigenvalue weighted by Crippen LogP contribution is -2.50. The van der Waals surface area contributed by atoms with Crippen molar-refractivity contribution < 1.29 is 9.59 Å². The Balaban J connectivity index is 1.22. The largest absolute Gasteiger partial charge is 0.273 e. The third kappa shape index (κ3) is 4.19. The van der Waals surface area contributed by atoms with E-state index in [4.69, 9.17) is 0 Å². The molecule has 2 N–H and O–H groups in total. The molecule has 0 aromatic heterocycles. The van der Waals surface area contributed by atoms with Crippen LogP contribution in [0.3, 0.4) is 0 Å². The van der Waals surface area contributed by atoms with Crippen LogP contribution < -0.4 is 10.9 Å². The molecule has 0 heterocycles. The van der Waals surface area contributed by atoms with Gasteiger partial charge >= 0.3 is 0 Å². The monoisotopic (exact) mass is 374 g/mol. The van der Waals surface area contributed by atoms with Crippen molar-refractivity contribution in [3.05, 3.63) is 0 Å². The Morgan fingerprint density at radius 1 is 0.852 bits per heavy atom. The Hall–Kier alpha value is -1.06. The Morgan fingerprint density at radius 2 is 1.37 bits per heavy atom. The van der Waals surface area contributed by atoms with E-state index in [9.17, 15) is 9.59 Å². The fourth-order valence-corrected chi connectivity index (χ4v) is 7.35. The number of hydrazine groups is 1. The summed E-state index contributed by atoms with van der Waals surface area (Å²) in [4.78, 5) is 25.1. The Labute approximate surface area is 164 Å². The van der Waals surface area contributed by atoms with Crippen molar-refractivity contribution in [2.75, 3.05) is 0 Å². The molecule has 0 aliphatic heterocycles. The number of hydrogen-bond donors (Lipinski definition) is 2. The fourth-order valence-electron chi connectivity index (χ4n) is 7.35. The van der Waals surface area contributed by atoms with E-state index in [-0.39, 0.29) is 23.1 Å². The zero-order chi connectivity index (χ0) is 19.2. The highest BCUT2D eigenvalue weighted by Gasteiger charge is 2.51. The summed E-state index contributed by atoms with van der Waals surface area (Å²) in [6.07, 6.45) is 12.6. The molecular formula is C23H38N2O2. The third-order valence-electron chi connectivity index (χ3n) is 8.35. The molecule has 0 atom stereocenters. The van der Waals surface area contributed by atoms with E-state index in [1.54, 1.807) is 0 Å². The van der Waals surface area contributed by atoms with Crippen molar-refractivity contribution in [1.82, 2.24) is 10.9 Å². The number of amides is 2. The van der Waals surface area contributed by atoms with Gasteiger partial charge in [-0.1, -0.05) is 20.8 Å². The van der Waals surface area contributed by atoms with Crippen molar-refractivity contribution in [2.24, 2.45) is 40.4 Å². The van der Waals surface area contributed by atoms with Gasteiger partial charge in [0, 0.05) is 12.3 Å². The first kappa shape index (κ1) is 19.3. The molecule has 0 saturated heterocycles. The van der Waals surface area contributed by atoms with Crippen LogP contribution in [0.1, 0.15) is 91.4 Å². The Morgan fingerprint density at radius 3 is 1.85 bits per heavy atom. The Bertz CT molecular complexity index is 548. The lowest BCUT2D eigenvalue weighted by atomic mass is 9.49. The van der Waals surface area contributed by atoms with Crippen molar-refractivity contribution in [2.45, 2.75) is 91.4 Å². The van der Waals surface area contributed by atoms with Gasteiger partial charge in [0.25, 0.3) is 0 Å². The van der Waals surface area contributed by atoms with Gasteiger partial charge in [-0.15, -0.1) is 0 Å². The Kier molecular flexibility index (Phi) is 5.05. The van der Waals surface area contributed by atoms with E-state index < -0.39 is 0 Å². The molecule has 4 bridgehead atoms. The maximum atomic E-state index is 12.6. The predicted molar refractivity (Wildman–Crippen MR) is 106 cm³/mol. The molecule has 4 nitrogen and oxygen atoms in total. The smallest absolute Gasteiger partial charge is 0.241 e. The number of carbonyl (C=O) groups excluding carboxylic acids is 2. The average molecular weight is 375 g/mol. The van der Waals surface area contributed by atoms with Crippen molar-refractivity contribution in [1.29, 1.82) is 0 Å². The van der Waals surface area contributed by atoms with Gasteiger partial charge in [-0.3, -0.25) is 20.4 Å². The standard InChI is InChI=1S/C23H38N2O2/c1-22(2,3)19-6-4-18(5-7-19)21(27)25-24-20(26)14-23-11-15-8-16(12-23)10-17(9-15)13-23/h15-19H,4-14H2,1-3H3,(H,24,26)(H,25,27). The highest BCUT2D eigenvalue weighted by Crippen LogP contribution is 2.61. The lowest BCUT2D eigenvalue weighted by molar-refractivity contribution is -0.136. The van der Waals surface area contributed by atoms with E-state index >= 15 is 0 Å². The summed E-state index contributed by atoms with van der Waals surface area (Å²) in [6.45, 7) is 6.88. The van der Waals surface area contributed by atoms with Gasteiger partial charge in [-0.25, -0.2) is 0 Å². The van der Waals surface area contributed by atoms with Gasteiger partial charge in [0.2, 0.25) is 11.8 Å². The average Bonchev–Trinajstić information content (AvgIpc) is 2.57. The minimum atomic E-state index is 0.0150. The molecule has 152 valence electrons. The molecular weight excluding hydrogens is 336 g/mol. The summed E-state index contributed by atoms with van der Waals surface area (Å²) >= 11 is 0. The quantitative estimate of drug-likeness (QED) is 0.710. The van der Waals surface area contributed by atoms with Crippen LogP contribution in [0.4, 0.5) is 0 Å². The number of hydrogen-bond acceptors (Lipinski definition) is 2. The molecule has 0 radical (unpaired) electrons. The molecule has 5 saturated carbocycles. The van der Waals surface area contributed by atoms with E-state index in [0.717, 1.165) is 43.4 Å². The summed E-state index contributed by atoms with van der Waals surface area (Å²) < 4.78 is 0. The normalized spacial score (nSPS) is 40.6. The van der Waals surface area contributed by atoms with Crippen LogP contribution in [-0.2, 0) is 9.59 Å². The molecule has 5 aliphatic rings. The fraction of sp³-hybridized carbons (Fsp3) is 0.913. The highest BCUT2D eigenvalue weighted by atomic mass is 16.2. The topological polar surface area (TPSA) is 58.2 Å². The van der Waals surface area contributed by atoms with Crippen molar-refractivity contribution in [3.8, 4) is 0 Å². The van der Waals surface area contributed by atoms with Gasteiger partial charge in [-0.05, 0) is 98.7 Å². The minimum Gasteiger partial charge on any atom is -0.273 e. The summed E-state index contributed by atoms with van der Waals surface area (Å²) in [7, 11) is 0. The lowest BCUT2D eigenvalue weighted by Gasteiger charge is -2.56. The SMILES string of the molecule is CC(C)(C)C1CCC(C(=O)NNC(=O)CC23CC4CC(CC(C4)C2)C3)CC1. The van der Waals surface area contributed by atoms with Crippen LogP contribution in [-0.4, -0.2) is 11.8 Å². The van der Waals surface area contributed by atoms with E-state index in [2.05, 4.69) is 31.6 Å². The zero-order valence-corrected chi connectivity index (χ0v) is 17.5. The van der Waals surface area contributed by atoms with Gasteiger partial charge in [0.15, 0.2) is 0 Å². The maximum Gasteiger partial charge on any atom is 0.241 e. The summed E-state index contributed by atoms with van der Waals surface area (Å²) in [5.41, 5.74) is 6.06. The molecule has 5 rings (SSSR count). The van der Waals surface area contributed by atoms with Crippen molar-refractivity contribution in [3.63, 3.8) is 0 Å². The summed E-state index contributed by atoms with van der Waals surface area (Å²) in [5.74, 6) is 3.37. The van der Waals surface area contributed by atoms with Crippen LogP contribution >= 0.6 is 0 Å². The zero-order valence-electron chi connectivity index (χ0n) is 17.5. The summed E-state index contributed by atoms with van der Waals surface area (Å²) in [5, 5.41) is 0. The highest BCUT2D eigenvalue weighted by molar-refractivity contribution is 5.83. The first-order chi connectivity index (χ1) is 12.7. The minimum absolute atomic E-state index is 0.0150. The first-order valence-corrected chi connectivity index (χ1v) is 11.3. The second-order valence-electron chi connectivity index (χ2n) is 11.5.